The molecule has 2 atom stereocenters. The molecule has 0 unspecified atom stereocenters. The summed E-state index contributed by atoms with van der Waals surface area (Å²) in [6.45, 7) is 4.99. The number of rotatable bonds is 4. The first kappa shape index (κ1) is 11.4. The first-order chi connectivity index (χ1) is 7.88. The van der Waals surface area contributed by atoms with Gasteiger partial charge in [0.1, 0.15) is 0 Å². The van der Waals surface area contributed by atoms with E-state index in [1.807, 2.05) is 6.08 Å². The molecule has 0 radical (unpaired) electrons. The van der Waals surface area contributed by atoms with Crippen molar-refractivity contribution < 1.29 is 0 Å². The van der Waals surface area contributed by atoms with Crippen molar-refractivity contribution in [3.05, 3.63) is 48.6 Å². The second-order valence-corrected chi connectivity index (χ2v) is 4.76. The van der Waals surface area contributed by atoms with Gasteiger partial charge in [0.05, 0.1) is 0 Å². The number of nitrogens with one attached hydrogen (secondary N) is 1. The van der Waals surface area contributed by atoms with Crippen molar-refractivity contribution in [1.82, 2.24) is 5.32 Å². The second kappa shape index (κ2) is 5.86. The van der Waals surface area contributed by atoms with Crippen molar-refractivity contribution in [2.45, 2.75) is 31.7 Å². The lowest BCUT2D eigenvalue weighted by Crippen LogP contribution is -2.38. The van der Waals surface area contributed by atoms with E-state index in [1.54, 1.807) is 0 Å². The highest BCUT2D eigenvalue weighted by molar-refractivity contribution is 5.15. The van der Waals surface area contributed by atoms with Crippen LogP contribution in [0.25, 0.3) is 0 Å². The Morgan fingerprint density at radius 1 is 1.31 bits per heavy atom. The number of benzene rings is 1. The second-order valence-electron chi connectivity index (χ2n) is 4.76. The van der Waals surface area contributed by atoms with Crippen LogP contribution in [0.2, 0.25) is 0 Å². The molecule has 0 saturated carbocycles. The molecule has 16 heavy (non-hydrogen) atoms. The Labute approximate surface area is 98.6 Å². The first-order valence-corrected chi connectivity index (χ1v) is 6.26. The van der Waals surface area contributed by atoms with E-state index >= 15 is 0 Å². The lowest BCUT2D eigenvalue weighted by atomic mass is 9.86. The molecule has 1 heteroatoms. The molecule has 1 aromatic rings. The van der Waals surface area contributed by atoms with Crippen LogP contribution in [0.1, 0.15) is 24.8 Å². The Balaban J connectivity index is 1.88. The van der Waals surface area contributed by atoms with Crippen LogP contribution >= 0.6 is 0 Å². The minimum atomic E-state index is 0.653. The zero-order chi connectivity index (χ0) is 11.2. The molecule has 1 N–H and O–H groups in total. The first-order valence-electron chi connectivity index (χ1n) is 6.26. The fourth-order valence-electron chi connectivity index (χ4n) is 2.61. The van der Waals surface area contributed by atoms with E-state index in [2.05, 4.69) is 42.2 Å². The summed E-state index contributed by atoms with van der Waals surface area (Å²) in [6, 6.07) is 11.5. The van der Waals surface area contributed by atoms with Crippen LogP contribution in [0.3, 0.4) is 0 Å². The van der Waals surface area contributed by atoms with E-state index in [-0.39, 0.29) is 0 Å². The smallest absolute Gasteiger partial charge is 0.0104 e. The molecule has 0 amide bonds. The number of hydrogen-bond acceptors (Lipinski definition) is 1. The topological polar surface area (TPSA) is 12.0 Å². The van der Waals surface area contributed by atoms with E-state index in [0.717, 1.165) is 18.9 Å². The Morgan fingerprint density at radius 2 is 2.12 bits per heavy atom. The summed E-state index contributed by atoms with van der Waals surface area (Å²) in [5, 5.41) is 3.56. The van der Waals surface area contributed by atoms with Crippen LogP contribution in [-0.4, -0.2) is 12.6 Å². The predicted molar refractivity (Wildman–Crippen MR) is 69.5 cm³/mol. The largest absolute Gasteiger partial charge is 0.314 e. The van der Waals surface area contributed by atoms with Crippen molar-refractivity contribution in [1.29, 1.82) is 0 Å². The Morgan fingerprint density at radius 3 is 2.88 bits per heavy atom. The van der Waals surface area contributed by atoms with Gasteiger partial charge in [0, 0.05) is 6.04 Å². The summed E-state index contributed by atoms with van der Waals surface area (Å²) in [5.41, 5.74) is 1.48. The molecule has 86 valence electrons. The molecular weight excluding hydrogens is 194 g/mol. The Kier molecular flexibility index (Phi) is 4.17. The molecule has 0 bridgehead atoms. The van der Waals surface area contributed by atoms with Gasteiger partial charge in [0.15, 0.2) is 0 Å². The lowest BCUT2D eigenvalue weighted by Gasteiger charge is -2.29. The lowest BCUT2D eigenvalue weighted by molar-refractivity contribution is 0.301. The third-order valence-electron chi connectivity index (χ3n) is 3.42. The van der Waals surface area contributed by atoms with Gasteiger partial charge in [0.2, 0.25) is 0 Å². The zero-order valence-corrected chi connectivity index (χ0v) is 9.86. The van der Waals surface area contributed by atoms with Crippen LogP contribution in [0.4, 0.5) is 0 Å². The van der Waals surface area contributed by atoms with Gasteiger partial charge in [-0.3, -0.25) is 0 Å². The highest BCUT2D eigenvalue weighted by atomic mass is 14.9. The summed E-state index contributed by atoms with van der Waals surface area (Å²) < 4.78 is 0. The van der Waals surface area contributed by atoms with Gasteiger partial charge in [-0.25, -0.2) is 0 Å². The maximum Gasteiger partial charge on any atom is 0.0104 e. The predicted octanol–water partition coefficient (Wildman–Crippen LogP) is 3.17. The molecule has 1 heterocycles. The van der Waals surface area contributed by atoms with Gasteiger partial charge in [0.25, 0.3) is 0 Å². The van der Waals surface area contributed by atoms with Gasteiger partial charge in [-0.15, -0.1) is 6.58 Å². The highest BCUT2D eigenvalue weighted by Crippen LogP contribution is 2.22. The fraction of sp³-hybridized carbons (Fsp3) is 0.467. The average Bonchev–Trinajstić information content (AvgIpc) is 2.31. The summed E-state index contributed by atoms with van der Waals surface area (Å²) in [5.74, 6) is 0.841. The van der Waals surface area contributed by atoms with Crippen LogP contribution in [0, 0.1) is 5.92 Å². The number of hydrogen-bond donors (Lipinski definition) is 1. The maximum atomic E-state index is 3.82. The zero-order valence-electron chi connectivity index (χ0n) is 9.86. The summed E-state index contributed by atoms with van der Waals surface area (Å²) in [7, 11) is 0. The molecule has 1 saturated heterocycles. The van der Waals surface area contributed by atoms with Crippen LogP contribution in [-0.2, 0) is 6.42 Å². The Bertz CT molecular complexity index is 317. The standard InChI is InChI=1S/C15H21N/c1-2-6-15-12-14(9-10-16-15)11-13-7-4-3-5-8-13/h2-5,7-8,14-16H,1,6,9-12H2/t14-,15+/m1/s1. The van der Waals surface area contributed by atoms with Crippen molar-refractivity contribution in [2.75, 3.05) is 6.54 Å². The van der Waals surface area contributed by atoms with Crippen molar-refractivity contribution in [2.24, 2.45) is 5.92 Å². The van der Waals surface area contributed by atoms with Gasteiger partial charge in [-0.05, 0) is 43.7 Å². The minimum absolute atomic E-state index is 0.653. The molecule has 1 aromatic carbocycles. The molecule has 1 fully saturated rings. The monoisotopic (exact) mass is 215 g/mol. The molecule has 1 nitrogen and oxygen atoms in total. The van der Waals surface area contributed by atoms with E-state index in [1.165, 1.54) is 24.8 Å². The normalized spacial score (nSPS) is 25.2. The molecule has 0 aromatic heterocycles. The third kappa shape index (κ3) is 3.21. The van der Waals surface area contributed by atoms with E-state index in [0.29, 0.717) is 6.04 Å². The SMILES string of the molecule is C=CC[C@H]1C[C@@H](Cc2ccccc2)CCN1. The molecule has 2 rings (SSSR count). The maximum absolute atomic E-state index is 3.82. The van der Waals surface area contributed by atoms with Crippen molar-refractivity contribution >= 4 is 0 Å². The third-order valence-corrected chi connectivity index (χ3v) is 3.42. The average molecular weight is 215 g/mol. The minimum Gasteiger partial charge on any atom is -0.314 e. The van der Waals surface area contributed by atoms with Crippen LogP contribution in [0.5, 0.6) is 0 Å². The van der Waals surface area contributed by atoms with E-state index < -0.39 is 0 Å². The molecule has 0 aliphatic carbocycles. The van der Waals surface area contributed by atoms with Gasteiger partial charge >= 0.3 is 0 Å². The van der Waals surface area contributed by atoms with Gasteiger partial charge < -0.3 is 5.32 Å². The fourth-order valence-corrected chi connectivity index (χ4v) is 2.61. The summed E-state index contributed by atoms with van der Waals surface area (Å²) in [6.07, 6.45) is 6.97. The van der Waals surface area contributed by atoms with Crippen LogP contribution < -0.4 is 5.32 Å². The number of piperidine rings is 1. The molecular formula is C15H21N. The molecule has 0 spiro atoms. The quantitative estimate of drug-likeness (QED) is 0.761. The highest BCUT2D eigenvalue weighted by Gasteiger charge is 2.20. The van der Waals surface area contributed by atoms with Gasteiger partial charge in [-0.2, -0.15) is 0 Å². The van der Waals surface area contributed by atoms with E-state index in [4.69, 9.17) is 0 Å². The van der Waals surface area contributed by atoms with Gasteiger partial charge in [-0.1, -0.05) is 36.4 Å². The van der Waals surface area contributed by atoms with Crippen LogP contribution in [0.15, 0.2) is 43.0 Å². The van der Waals surface area contributed by atoms with E-state index in [9.17, 15) is 0 Å². The molecule has 1 aliphatic rings. The van der Waals surface area contributed by atoms with Crippen molar-refractivity contribution in [3.8, 4) is 0 Å². The Hall–Kier alpha value is -1.08. The summed E-state index contributed by atoms with van der Waals surface area (Å²) in [4.78, 5) is 0. The summed E-state index contributed by atoms with van der Waals surface area (Å²) >= 11 is 0. The van der Waals surface area contributed by atoms with Crippen molar-refractivity contribution in [3.63, 3.8) is 0 Å². The molecule has 1 aliphatic heterocycles.